The molecule has 0 bridgehead atoms. The van der Waals surface area contributed by atoms with E-state index < -0.39 is 26.4 Å². The van der Waals surface area contributed by atoms with E-state index in [1.54, 1.807) is 36.4 Å². The van der Waals surface area contributed by atoms with Crippen LogP contribution >= 0.6 is 0 Å². The number of nitrogens with two attached hydrogens (primary N) is 1. The third-order valence-electron chi connectivity index (χ3n) is 4.97. The molecule has 2 aromatic carbocycles. The van der Waals surface area contributed by atoms with Crippen molar-refractivity contribution in [2.45, 2.75) is 23.0 Å². The summed E-state index contributed by atoms with van der Waals surface area (Å²) in [7, 11) is -3.66. The van der Waals surface area contributed by atoms with E-state index >= 15 is 0 Å². The molecule has 3 atom stereocenters. The molecule has 1 aliphatic rings. The zero-order valence-electron chi connectivity index (χ0n) is 13.3. The van der Waals surface area contributed by atoms with Gasteiger partial charge in [-0.05, 0) is 36.8 Å². The fourth-order valence-electron chi connectivity index (χ4n) is 3.49. The van der Waals surface area contributed by atoms with E-state index in [9.17, 15) is 17.9 Å². The van der Waals surface area contributed by atoms with Gasteiger partial charge < -0.3 is 10.8 Å². The van der Waals surface area contributed by atoms with Crippen molar-refractivity contribution in [2.24, 2.45) is 11.1 Å². The summed E-state index contributed by atoms with van der Waals surface area (Å²) in [5.74, 6) is -0.834. The van der Waals surface area contributed by atoms with Crippen LogP contribution in [0.15, 0.2) is 53.4 Å². The average Bonchev–Trinajstić information content (AvgIpc) is 3.26. The fourth-order valence-corrected chi connectivity index (χ4v) is 5.94. The second-order valence-electron chi connectivity index (χ2n) is 6.40. The van der Waals surface area contributed by atoms with E-state index in [1.807, 2.05) is 6.92 Å². The number of aliphatic hydroxyl groups excluding tert-OH is 1. The van der Waals surface area contributed by atoms with Crippen molar-refractivity contribution in [3.8, 4) is 0 Å². The van der Waals surface area contributed by atoms with Crippen molar-refractivity contribution in [1.29, 1.82) is 0 Å². The van der Waals surface area contributed by atoms with E-state index in [0.717, 1.165) is 5.56 Å². The second kappa shape index (κ2) is 5.95. The maximum Gasteiger partial charge on any atom is 0.182 e. The normalized spacial score (nSPS) is 26.3. The first-order valence-corrected chi connectivity index (χ1v) is 9.28. The minimum Gasteiger partial charge on any atom is -0.396 e. The molecule has 3 N–H and O–H groups in total. The lowest BCUT2D eigenvalue weighted by Gasteiger charge is -2.12. The SMILES string of the molecule is Cc1ccc(S(=O)(=O)[C@@H]2[C@@H](c3ccc(F)cc3)[C@]2(CN)CO)cc1. The molecule has 6 heteroatoms. The molecule has 2 aromatic rings. The minimum absolute atomic E-state index is 0.0430. The molecule has 0 aliphatic heterocycles. The van der Waals surface area contributed by atoms with E-state index in [0.29, 0.717) is 5.56 Å². The standard InChI is InChI=1S/C18H20FNO3S/c1-12-2-8-15(9-3-12)24(22,23)17-16(18(17,10-20)11-21)13-4-6-14(19)7-5-13/h2-9,16-17,21H,10-11,20H2,1H3/t16-,17-,18+/m1/s1. The Morgan fingerprint density at radius 2 is 1.71 bits per heavy atom. The number of sulfone groups is 1. The topological polar surface area (TPSA) is 80.4 Å². The third kappa shape index (κ3) is 2.55. The summed E-state index contributed by atoms with van der Waals surface area (Å²) < 4.78 is 39.3. The van der Waals surface area contributed by atoms with Gasteiger partial charge in [-0.15, -0.1) is 0 Å². The Hall–Kier alpha value is -1.76. The van der Waals surface area contributed by atoms with Crippen molar-refractivity contribution >= 4 is 9.84 Å². The molecule has 0 aromatic heterocycles. The molecule has 1 saturated carbocycles. The van der Waals surface area contributed by atoms with Crippen molar-refractivity contribution < 1.29 is 17.9 Å². The molecule has 4 nitrogen and oxygen atoms in total. The fraction of sp³-hybridized carbons (Fsp3) is 0.333. The predicted molar refractivity (Wildman–Crippen MR) is 89.9 cm³/mol. The van der Waals surface area contributed by atoms with E-state index in [2.05, 4.69) is 0 Å². The minimum atomic E-state index is -3.66. The van der Waals surface area contributed by atoms with Crippen LogP contribution in [0, 0.1) is 18.2 Å². The van der Waals surface area contributed by atoms with E-state index in [1.165, 1.54) is 12.1 Å². The lowest BCUT2D eigenvalue weighted by molar-refractivity contribution is 0.212. The number of hydrogen-bond donors (Lipinski definition) is 2. The summed E-state index contributed by atoms with van der Waals surface area (Å²) in [6.07, 6.45) is 0. The van der Waals surface area contributed by atoms with Crippen LogP contribution in [0.1, 0.15) is 17.0 Å². The van der Waals surface area contributed by atoms with Gasteiger partial charge in [0.1, 0.15) is 5.82 Å². The molecule has 0 radical (unpaired) electrons. The van der Waals surface area contributed by atoms with Crippen molar-refractivity contribution in [3.63, 3.8) is 0 Å². The van der Waals surface area contributed by atoms with Gasteiger partial charge in [-0.2, -0.15) is 0 Å². The summed E-state index contributed by atoms with van der Waals surface area (Å²) in [5, 5.41) is 9.04. The quantitative estimate of drug-likeness (QED) is 0.865. The first-order chi connectivity index (χ1) is 11.4. The second-order valence-corrected chi connectivity index (χ2v) is 8.47. The molecule has 0 saturated heterocycles. The molecule has 1 fully saturated rings. The predicted octanol–water partition coefficient (Wildman–Crippen LogP) is 2.01. The van der Waals surface area contributed by atoms with Gasteiger partial charge in [-0.1, -0.05) is 29.8 Å². The van der Waals surface area contributed by atoms with Crippen LogP contribution in [-0.4, -0.2) is 31.9 Å². The number of halogens is 1. The van der Waals surface area contributed by atoms with Gasteiger partial charge in [-0.25, -0.2) is 12.8 Å². The number of rotatable bonds is 5. The van der Waals surface area contributed by atoms with E-state index in [-0.39, 0.29) is 23.9 Å². The first kappa shape index (κ1) is 17.1. The Balaban J connectivity index is 2.04. The molecule has 128 valence electrons. The van der Waals surface area contributed by atoms with Crippen LogP contribution in [0.4, 0.5) is 4.39 Å². The summed E-state index contributed by atoms with van der Waals surface area (Å²) in [6, 6.07) is 12.3. The Morgan fingerprint density at radius 3 is 2.21 bits per heavy atom. The maximum atomic E-state index is 13.2. The van der Waals surface area contributed by atoms with Gasteiger partial charge in [-0.3, -0.25) is 0 Å². The van der Waals surface area contributed by atoms with Gasteiger partial charge in [0.25, 0.3) is 0 Å². The lowest BCUT2D eigenvalue weighted by Crippen LogP contribution is -2.27. The number of benzene rings is 2. The third-order valence-corrected chi connectivity index (χ3v) is 7.31. The summed E-state index contributed by atoms with van der Waals surface area (Å²) in [5.41, 5.74) is 6.54. The van der Waals surface area contributed by atoms with E-state index in [4.69, 9.17) is 5.73 Å². The highest BCUT2D eigenvalue weighted by molar-refractivity contribution is 7.92. The van der Waals surface area contributed by atoms with Crippen LogP contribution in [0.2, 0.25) is 0 Å². The van der Waals surface area contributed by atoms with Crippen molar-refractivity contribution in [1.82, 2.24) is 0 Å². The van der Waals surface area contributed by atoms with Crippen LogP contribution in [0.5, 0.6) is 0 Å². The van der Waals surface area contributed by atoms with Gasteiger partial charge in [0.2, 0.25) is 0 Å². The largest absolute Gasteiger partial charge is 0.396 e. The molecule has 3 rings (SSSR count). The molecular formula is C18H20FNO3S. The molecule has 1 aliphatic carbocycles. The molecular weight excluding hydrogens is 329 g/mol. The number of aliphatic hydroxyl groups is 1. The van der Waals surface area contributed by atoms with Gasteiger partial charge >= 0.3 is 0 Å². The van der Waals surface area contributed by atoms with Crippen LogP contribution < -0.4 is 5.73 Å². The lowest BCUT2D eigenvalue weighted by atomic mass is 10.0. The average molecular weight is 349 g/mol. The van der Waals surface area contributed by atoms with Crippen molar-refractivity contribution in [3.05, 3.63) is 65.5 Å². The summed E-state index contributed by atoms with van der Waals surface area (Å²) in [4.78, 5) is 0.217. The Morgan fingerprint density at radius 1 is 1.12 bits per heavy atom. The van der Waals surface area contributed by atoms with Gasteiger partial charge in [0.05, 0.1) is 16.8 Å². The number of aryl methyl sites for hydroxylation is 1. The molecule has 0 spiro atoms. The summed E-state index contributed by atoms with van der Waals surface area (Å²) in [6.45, 7) is 1.59. The highest BCUT2D eigenvalue weighted by atomic mass is 32.2. The van der Waals surface area contributed by atoms with Gasteiger partial charge in [0.15, 0.2) is 9.84 Å². The molecule has 0 amide bonds. The highest BCUT2D eigenvalue weighted by Crippen LogP contribution is 2.63. The highest BCUT2D eigenvalue weighted by Gasteiger charge is 2.70. The number of hydrogen-bond acceptors (Lipinski definition) is 4. The first-order valence-electron chi connectivity index (χ1n) is 7.74. The maximum absolute atomic E-state index is 13.2. The monoisotopic (exact) mass is 349 g/mol. The van der Waals surface area contributed by atoms with Crippen LogP contribution in [-0.2, 0) is 9.84 Å². The summed E-state index contributed by atoms with van der Waals surface area (Å²) >= 11 is 0. The molecule has 0 heterocycles. The molecule has 24 heavy (non-hydrogen) atoms. The van der Waals surface area contributed by atoms with Crippen molar-refractivity contribution in [2.75, 3.05) is 13.2 Å². The zero-order chi connectivity index (χ0) is 17.5. The molecule has 0 unspecified atom stereocenters. The van der Waals surface area contributed by atoms with Crippen LogP contribution in [0.3, 0.4) is 0 Å². The Labute approximate surface area is 141 Å². The zero-order valence-corrected chi connectivity index (χ0v) is 14.1. The van der Waals surface area contributed by atoms with Crippen LogP contribution in [0.25, 0.3) is 0 Å². The van der Waals surface area contributed by atoms with Gasteiger partial charge in [0, 0.05) is 17.9 Å². The Kier molecular flexibility index (Phi) is 4.23. The smallest absolute Gasteiger partial charge is 0.182 e. The Bertz CT molecular complexity index is 828.